The van der Waals surface area contributed by atoms with E-state index in [0.29, 0.717) is 22.3 Å². The molecule has 1 aliphatic rings. The van der Waals surface area contributed by atoms with Gasteiger partial charge in [0.05, 0.1) is 23.8 Å². The summed E-state index contributed by atoms with van der Waals surface area (Å²) in [6, 6.07) is 14.5. The predicted octanol–water partition coefficient (Wildman–Crippen LogP) is 4.76. The first kappa shape index (κ1) is 21.0. The number of rotatable bonds is 4. The van der Waals surface area contributed by atoms with Crippen molar-refractivity contribution in [2.75, 3.05) is 7.11 Å². The lowest BCUT2D eigenvalue weighted by Gasteiger charge is -2.07. The maximum atomic E-state index is 13.1. The molecule has 0 bridgehead atoms. The Morgan fingerprint density at radius 1 is 0.938 bits per heavy atom. The van der Waals surface area contributed by atoms with Gasteiger partial charge in [0.25, 0.3) is 0 Å². The number of halogens is 1. The third-order valence-electron chi connectivity index (χ3n) is 4.86. The van der Waals surface area contributed by atoms with Crippen LogP contribution >= 0.6 is 0 Å². The summed E-state index contributed by atoms with van der Waals surface area (Å²) in [5.41, 5.74) is 2.20. The number of carbonyl (C=O) groups is 3. The van der Waals surface area contributed by atoms with Gasteiger partial charge in [-0.1, -0.05) is 12.1 Å². The lowest BCUT2D eigenvalue weighted by molar-refractivity contribution is 0.0600. The molecule has 0 saturated heterocycles. The smallest absolute Gasteiger partial charge is 0.343 e. The molecule has 0 amide bonds. The van der Waals surface area contributed by atoms with E-state index in [0.717, 1.165) is 0 Å². The molecular weight excluding hydrogens is 415 g/mol. The third kappa shape index (κ3) is 4.13. The Kier molecular flexibility index (Phi) is 5.55. The van der Waals surface area contributed by atoms with Crippen molar-refractivity contribution in [1.82, 2.24) is 0 Å². The number of fused-ring (bicyclic) bond motifs is 1. The summed E-state index contributed by atoms with van der Waals surface area (Å²) in [4.78, 5) is 36.7. The van der Waals surface area contributed by atoms with Gasteiger partial charge in [0.2, 0.25) is 5.78 Å². The number of ketones is 1. The van der Waals surface area contributed by atoms with E-state index < -0.39 is 17.8 Å². The van der Waals surface area contributed by atoms with Crippen LogP contribution in [0.1, 0.15) is 42.2 Å². The zero-order valence-corrected chi connectivity index (χ0v) is 17.2. The lowest BCUT2D eigenvalue weighted by Crippen LogP contribution is -2.08. The van der Waals surface area contributed by atoms with Gasteiger partial charge in [-0.15, -0.1) is 0 Å². The number of ether oxygens (including phenoxy) is 3. The zero-order chi connectivity index (χ0) is 22.8. The third-order valence-corrected chi connectivity index (χ3v) is 4.86. The fourth-order valence-electron chi connectivity index (χ4n) is 3.27. The maximum Gasteiger partial charge on any atom is 0.343 e. The Labute approximate surface area is 182 Å². The van der Waals surface area contributed by atoms with Crippen LogP contribution in [0.4, 0.5) is 4.39 Å². The molecule has 0 spiro atoms. The van der Waals surface area contributed by atoms with Gasteiger partial charge >= 0.3 is 11.9 Å². The molecule has 160 valence electrons. The van der Waals surface area contributed by atoms with E-state index in [4.69, 9.17) is 9.47 Å². The van der Waals surface area contributed by atoms with Gasteiger partial charge in [-0.3, -0.25) is 4.79 Å². The van der Waals surface area contributed by atoms with Crippen molar-refractivity contribution in [2.24, 2.45) is 0 Å². The standard InChI is InChI=1S/C25H17FO6/c1-14-11-19(31-25(29)17-7-9-18(26)10-8-17)13-20-22(14)23(27)21(32-20)12-15-3-5-16(6-4-15)24(28)30-2/h3-13H,1-2H3/b21-12-. The molecule has 1 aliphatic heterocycles. The molecule has 0 aliphatic carbocycles. The Balaban J connectivity index is 1.56. The summed E-state index contributed by atoms with van der Waals surface area (Å²) in [6.07, 6.45) is 1.56. The van der Waals surface area contributed by atoms with Crippen LogP contribution < -0.4 is 9.47 Å². The summed E-state index contributed by atoms with van der Waals surface area (Å²) >= 11 is 0. The number of esters is 2. The first-order valence-electron chi connectivity index (χ1n) is 9.61. The molecule has 0 unspecified atom stereocenters. The number of hydrogen-bond acceptors (Lipinski definition) is 6. The summed E-state index contributed by atoms with van der Waals surface area (Å²) in [6.45, 7) is 1.71. The largest absolute Gasteiger partial charge is 0.465 e. The molecule has 0 fully saturated rings. The minimum atomic E-state index is -0.657. The second-order valence-corrected chi connectivity index (χ2v) is 7.06. The average molecular weight is 432 g/mol. The normalized spacial score (nSPS) is 13.5. The summed E-state index contributed by atoms with van der Waals surface area (Å²) in [5, 5.41) is 0. The molecule has 4 rings (SSSR count). The van der Waals surface area contributed by atoms with E-state index in [9.17, 15) is 18.8 Å². The summed E-state index contributed by atoms with van der Waals surface area (Å²) in [7, 11) is 1.30. The topological polar surface area (TPSA) is 78.9 Å². The SMILES string of the molecule is COC(=O)c1ccc(/C=C2\Oc3cc(OC(=O)c4ccc(F)cc4)cc(C)c3C2=O)cc1. The molecule has 0 N–H and O–H groups in total. The van der Waals surface area contributed by atoms with Crippen LogP contribution in [0, 0.1) is 12.7 Å². The van der Waals surface area contributed by atoms with E-state index in [1.165, 1.54) is 37.4 Å². The molecule has 1 heterocycles. The first-order chi connectivity index (χ1) is 15.4. The molecule has 0 radical (unpaired) electrons. The van der Waals surface area contributed by atoms with Gasteiger partial charge in [-0.05, 0) is 66.6 Å². The van der Waals surface area contributed by atoms with Crippen molar-refractivity contribution in [3.8, 4) is 11.5 Å². The van der Waals surface area contributed by atoms with Crippen molar-refractivity contribution >= 4 is 23.8 Å². The highest BCUT2D eigenvalue weighted by Gasteiger charge is 2.30. The minimum Gasteiger partial charge on any atom is -0.465 e. The first-order valence-corrected chi connectivity index (χ1v) is 9.61. The van der Waals surface area contributed by atoms with Crippen molar-refractivity contribution in [1.29, 1.82) is 0 Å². The highest BCUT2D eigenvalue weighted by molar-refractivity contribution is 6.15. The average Bonchev–Trinajstić information content (AvgIpc) is 3.09. The van der Waals surface area contributed by atoms with Crippen molar-refractivity contribution in [3.05, 3.63) is 100 Å². The van der Waals surface area contributed by atoms with Crippen LogP contribution in [0.2, 0.25) is 0 Å². The fourth-order valence-corrected chi connectivity index (χ4v) is 3.27. The highest BCUT2D eigenvalue weighted by atomic mass is 19.1. The number of carbonyl (C=O) groups excluding carboxylic acids is 3. The number of aryl methyl sites for hydroxylation is 1. The van der Waals surface area contributed by atoms with Crippen LogP contribution in [0.3, 0.4) is 0 Å². The van der Waals surface area contributed by atoms with Gasteiger partial charge < -0.3 is 14.2 Å². The summed E-state index contributed by atoms with van der Waals surface area (Å²) in [5.74, 6) is -1.29. The van der Waals surface area contributed by atoms with Crippen molar-refractivity contribution in [2.45, 2.75) is 6.92 Å². The minimum absolute atomic E-state index is 0.107. The molecule has 0 saturated carbocycles. The number of allylic oxidation sites excluding steroid dienone is 1. The Bertz CT molecular complexity index is 1260. The van der Waals surface area contributed by atoms with Gasteiger partial charge in [0, 0.05) is 6.07 Å². The van der Waals surface area contributed by atoms with E-state index >= 15 is 0 Å². The van der Waals surface area contributed by atoms with Gasteiger partial charge in [-0.2, -0.15) is 0 Å². The molecule has 0 aromatic heterocycles. The van der Waals surface area contributed by atoms with Gasteiger partial charge in [0.1, 0.15) is 17.3 Å². The Morgan fingerprint density at radius 2 is 1.56 bits per heavy atom. The molecule has 6 nitrogen and oxygen atoms in total. The van der Waals surface area contributed by atoms with Crippen molar-refractivity contribution < 1.29 is 33.0 Å². The second-order valence-electron chi connectivity index (χ2n) is 7.06. The van der Waals surface area contributed by atoms with Crippen molar-refractivity contribution in [3.63, 3.8) is 0 Å². The van der Waals surface area contributed by atoms with Crippen LogP contribution in [-0.2, 0) is 4.74 Å². The molecule has 32 heavy (non-hydrogen) atoms. The van der Waals surface area contributed by atoms with E-state index in [-0.39, 0.29) is 28.6 Å². The van der Waals surface area contributed by atoms with Crippen LogP contribution in [0.15, 0.2) is 66.4 Å². The van der Waals surface area contributed by atoms with Crippen LogP contribution in [-0.4, -0.2) is 24.8 Å². The van der Waals surface area contributed by atoms with Gasteiger partial charge in [0.15, 0.2) is 5.76 Å². The number of methoxy groups -OCH3 is 1. The monoisotopic (exact) mass is 432 g/mol. The zero-order valence-electron chi connectivity index (χ0n) is 17.2. The van der Waals surface area contributed by atoms with Gasteiger partial charge in [-0.25, -0.2) is 14.0 Å². The molecule has 0 atom stereocenters. The lowest BCUT2D eigenvalue weighted by atomic mass is 10.0. The summed E-state index contributed by atoms with van der Waals surface area (Å²) < 4.78 is 28.8. The molecule has 3 aromatic rings. The molecular formula is C25H17FO6. The number of hydrogen-bond donors (Lipinski definition) is 0. The molecule has 7 heteroatoms. The number of Topliss-reactive ketones (excluding diaryl/α,β-unsaturated/α-hetero) is 1. The predicted molar refractivity (Wildman–Crippen MR) is 113 cm³/mol. The van der Waals surface area contributed by atoms with Crippen LogP contribution in [0.5, 0.6) is 11.5 Å². The molecule has 3 aromatic carbocycles. The number of benzene rings is 3. The Morgan fingerprint density at radius 3 is 2.22 bits per heavy atom. The Hall–Kier alpha value is -4.26. The maximum absolute atomic E-state index is 13.1. The van der Waals surface area contributed by atoms with E-state index in [1.807, 2.05) is 0 Å². The highest BCUT2D eigenvalue weighted by Crippen LogP contribution is 2.37. The van der Waals surface area contributed by atoms with E-state index in [2.05, 4.69) is 4.74 Å². The van der Waals surface area contributed by atoms with E-state index in [1.54, 1.807) is 43.3 Å². The quantitative estimate of drug-likeness (QED) is 0.336. The fraction of sp³-hybridized carbons (Fsp3) is 0.0800. The van der Waals surface area contributed by atoms with Crippen LogP contribution in [0.25, 0.3) is 6.08 Å². The second kappa shape index (κ2) is 8.47.